The Morgan fingerprint density at radius 2 is 2.47 bits per heavy atom. The number of ether oxygens (including phenoxy) is 1. The Morgan fingerprint density at radius 3 is 3.00 bits per heavy atom. The van der Waals surface area contributed by atoms with Crippen molar-refractivity contribution in [3.8, 4) is 0 Å². The molecule has 1 aromatic heterocycles. The molecule has 5 nitrogen and oxygen atoms in total. The summed E-state index contributed by atoms with van der Waals surface area (Å²) in [6.45, 7) is 0.184. The summed E-state index contributed by atoms with van der Waals surface area (Å²) in [5, 5.41) is 2.58. The summed E-state index contributed by atoms with van der Waals surface area (Å²) in [6.07, 6.45) is 1.47. The number of rotatable bonds is 4. The maximum atomic E-state index is 11.4. The Labute approximate surface area is 99.0 Å². The van der Waals surface area contributed by atoms with Crippen molar-refractivity contribution in [3.63, 3.8) is 0 Å². The number of hydrogen-bond donors (Lipinski definition) is 1. The second-order valence-electron chi connectivity index (χ2n) is 2.57. The second-order valence-corrected chi connectivity index (χ2v) is 4.56. The van der Waals surface area contributed by atoms with E-state index in [-0.39, 0.29) is 12.5 Å². The summed E-state index contributed by atoms with van der Waals surface area (Å²) >= 11 is 4.34. The van der Waals surface area contributed by atoms with E-state index in [2.05, 4.69) is 31.0 Å². The van der Waals surface area contributed by atoms with Crippen molar-refractivity contribution in [1.29, 1.82) is 0 Å². The standard InChI is InChI=1S/C8H9BrN2O3S/c1-14-8(13)5(9)2-11-7(12)6-3-10-4-15-6/h3-5H,2H2,1H3,(H,11,12). The predicted octanol–water partition coefficient (Wildman–Crippen LogP) is 0.809. The summed E-state index contributed by atoms with van der Waals surface area (Å²) in [6, 6.07) is 0. The first-order valence-electron chi connectivity index (χ1n) is 4.03. The lowest BCUT2D eigenvalue weighted by Gasteiger charge is -2.07. The number of amides is 1. The van der Waals surface area contributed by atoms with Crippen LogP contribution < -0.4 is 5.32 Å². The van der Waals surface area contributed by atoms with E-state index < -0.39 is 10.8 Å². The number of methoxy groups -OCH3 is 1. The van der Waals surface area contributed by atoms with Crippen molar-refractivity contribution in [2.45, 2.75) is 4.83 Å². The smallest absolute Gasteiger partial charge is 0.321 e. The molecule has 15 heavy (non-hydrogen) atoms. The van der Waals surface area contributed by atoms with Crippen LogP contribution in [0.5, 0.6) is 0 Å². The lowest BCUT2D eigenvalue weighted by molar-refractivity contribution is -0.139. The van der Waals surface area contributed by atoms with Crippen LogP contribution in [0.25, 0.3) is 0 Å². The van der Waals surface area contributed by atoms with E-state index in [1.54, 1.807) is 5.51 Å². The topological polar surface area (TPSA) is 68.3 Å². The minimum atomic E-state index is -0.528. The van der Waals surface area contributed by atoms with E-state index in [0.717, 1.165) is 0 Å². The van der Waals surface area contributed by atoms with E-state index in [1.165, 1.54) is 24.6 Å². The average Bonchev–Trinajstić information content (AvgIpc) is 2.77. The highest BCUT2D eigenvalue weighted by molar-refractivity contribution is 9.10. The van der Waals surface area contributed by atoms with Gasteiger partial charge in [-0.05, 0) is 0 Å². The van der Waals surface area contributed by atoms with Gasteiger partial charge in [-0.3, -0.25) is 14.6 Å². The highest BCUT2D eigenvalue weighted by Gasteiger charge is 2.16. The molecule has 82 valence electrons. The summed E-state index contributed by atoms with van der Waals surface area (Å²) in [5.41, 5.74) is 1.57. The molecule has 0 fully saturated rings. The van der Waals surface area contributed by atoms with E-state index in [1.807, 2.05) is 0 Å². The molecule has 0 bridgehead atoms. The van der Waals surface area contributed by atoms with Crippen molar-refractivity contribution in [2.24, 2.45) is 0 Å². The molecule has 1 atom stereocenters. The van der Waals surface area contributed by atoms with Gasteiger partial charge in [0.2, 0.25) is 0 Å². The molecule has 1 N–H and O–H groups in total. The van der Waals surface area contributed by atoms with Gasteiger partial charge in [0.1, 0.15) is 9.70 Å². The zero-order chi connectivity index (χ0) is 11.3. The van der Waals surface area contributed by atoms with Crippen LogP contribution in [0, 0.1) is 0 Å². The molecule has 1 amide bonds. The van der Waals surface area contributed by atoms with E-state index in [9.17, 15) is 9.59 Å². The maximum Gasteiger partial charge on any atom is 0.321 e. The van der Waals surface area contributed by atoms with Crippen LogP contribution in [-0.2, 0) is 9.53 Å². The zero-order valence-corrected chi connectivity index (χ0v) is 10.3. The lowest BCUT2D eigenvalue weighted by atomic mass is 10.4. The van der Waals surface area contributed by atoms with E-state index in [4.69, 9.17) is 0 Å². The number of alkyl halides is 1. The number of halogens is 1. The number of nitrogens with one attached hydrogen (secondary N) is 1. The molecular weight excluding hydrogens is 284 g/mol. The largest absolute Gasteiger partial charge is 0.468 e. The van der Waals surface area contributed by atoms with Crippen LogP contribution in [0.2, 0.25) is 0 Å². The highest BCUT2D eigenvalue weighted by atomic mass is 79.9. The van der Waals surface area contributed by atoms with Gasteiger partial charge in [0.15, 0.2) is 0 Å². The van der Waals surface area contributed by atoms with Crippen LogP contribution in [0.1, 0.15) is 9.67 Å². The molecule has 0 aliphatic carbocycles. The number of carbonyl (C=O) groups is 2. The third-order valence-corrected chi connectivity index (χ3v) is 3.02. The first kappa shape index (κ1) is 12.1. The quantitative estimate of drug-likeness (QED) is 0.659. The van der Waals surface area contributed by atoms with Crippen LogP contribution in [-0.4, -0.2) is 35.3 Å². The Kier molecular flexibility index (Phi) is 4.70. The fraction of sp³-hybridized carbons (Fsp3) is 0.375. The lowest BCUT2D eigenvalue weighted by Crippen LogP contribution is -2.33. The molecule has 7 heteroatoms. The third kappa shape index (κ3) is 3.60. The Hall–Kier alpha value is -0.950. The van der Waals surface area contributed by atoms with Crippen molar-refractivity contribution in [3.05, 3.63) is 16.6 Å². The zero-order valence-electron chi connectivity index (χ0n) is 7.90. The van der Waals surface area contributed by atoms with Crippen molar-refractivity contribution in [2.75, 3.05) is 13.7 Å². The van der Waals surface area contributed by atoms with E-state index >= 15 is 0 Å². The van der Waals surface area contributed by atoms with Gasteiger partial charge in [0.05, 0.1) is 18.8 Å². The number of carbonyl (C=O) groups excluding carboxylic acids is 2. The van der Waals surface area contributed by atoms with Gasteiger partial charge < -0.3 is 10.1 Å². The predicted molar refractivity (Wildman–Crippen MR) is 59.2 cm³/mol. The van der Waals surface area contributed by atoms with Crippen LogP contribution >= 0.6 is 27.3 Å². The fourth-order valence-electron chi connectivity index (χ4n) is 0.809. The summed E-state index contributed by atoms with van der Waals surface area (Å²) in [5.74, 6) is -0.662. The molecule has 1 unspecified atom stereocenters. The van der Waals surface area contributed by atoms with Crippen molar-refractivity contribution in [1.82, 2.24) is 10.3 Å². The van der Waals surface area contributed by atoms with Gasteiger partial charge in [-0.2, -0.15) is 0 Å². The highest BCUT2D eigenvalue weighted by Crippen LogP contribution is 2.05. The number of aromatic nitrogens is 1. The summed E-state index contributed by atoms with van der Waals surface area (Å²) in [7, 11) is 1.29. The van der Waals surface area contributed by atoms with Gasteiger partial charge in [0.25, 0.3) is 5.91 Å². The molecule has 0 saturated heterocycles. The minimum absolute atomic E-state index is 0.184. The fourth-order valence-corrected chi connectivity index (χ4v) is 1.69. The van der Waals surface area contributed by atoms with Crippen LogP contribution in [0.15, 0.2) is 11.7 Å². The second kappa shape index (κ2) is 5.82. The van der Waals surface area contributed by atoms with Crippen molar-refractivity contribution < 1.29 is 14.3 Å². The molecule has 1 aromatic rings. The van der Waals surface area contributed by atoms with Crippen molar-refractivity contribution >= 4 is 39.1 Å². The molecule has 0 aromatic carbocycles. The number of hydrogen-bond acceptors (Lipinski definition) is 5. The molecule has 0 spiro atoms. The number of esters is 1. The van der Waals surface area contributed by atoms with Gasteiger partial charge >= 0.3 is 5.97 Å². The molecule has 0 aliphatic rings. The molecule has 0 aliphatic heterocycles. The Balaban J connectivity index is 2.38. The van der Waals surface area contributed by atoms with Crippen LogP contribution in [0.3, 0.4) is 0 Å². The van der Waals surface area contributed by atoms with E-state index in [0.29, 0.717) is 4.88 Å². The summed E-state index contributed by atoms with van der Waals surface area (Å²) in [4.78, 5) is 26.1. The molecular formula is C8H9BrN2O3S. The maximum absolute atomic E-state index is 11.4. The summed E-state index contributed by atoms with van der Waals surface area (Å²) < 4.78 is 4.49. The normalized spacial score (nSPS) is 11.9. The van der Waals surface area contributed by atoms with Gasteiger partial charge in [-0.15, -0.1) is 11.3 Å². The minimum Gasteiger partial charge on any atom is -0.468 e. The molecule has 0 radical (unpaired) electrons. The first-order chi connectivity index (χ1) is 7.15. The first-order valence-corrected chi connectivity index (χ1v) is 5.83. The Morgan fingerprint density at radius 1 is 1.73 bits per heavy atom. The molecule has 1 heterocycles. The van der Waals surface area contributed by atoms with Gasteiger partial charge in [-0.25, -0.2) is 0 Å². The number of thiazole rings is 1. The SMILES string of the molecule is COC(=O)C(Br)CNC(=O)c1cncs1. The number of nitrogens with zero attached hydrogens (tertiary/aromatic N) is 1. The third-order valence-electron chi connectivity index (χ3n) is 1.55. The van der Waals surface area contributed by atoms with Crippen LogP contribution in [0.4, 0.5) is 0 Å². The Bertz CT molecular complexity index is 342. The van der Waals surface area contributed by atoms with Gasteiger partial charge in [-0.1, -0.05) is 15.9 Å². The monoisotopic (exact) mass is 292 g/mol. The molecule has 1 rings (SSSR count). The average molecular weight is 293 g/mol. The van der Waals surface area contributed by atoms with Gasteiger partial charge in [0, 0.05) is 6.54 Å². The molecule has 0 saturated carbocycles.